The third-order valence-corrected chi connectivity index (χ3v) is 4.07. The zero-order valence-corrected chi connectivity index (χ0v) is 12.0. The first kappa shape index (κ1) is 14.6. The minimum absolute atomic E-state index is 0.0967. The average Bonchev–Trinajstić information content (AvgIpc) is 2.46. The second-order valence-electron chi connectivity index (χ2n) is 5.57. The first-order valence-electron chi connectivity index (χ1n) is 7.07. The Bertz CT molecular complexity index is 504. The number of likely N-dealkylation sites (tertiary alicyclic amines) is 1. The number of hydrogen-bond donors (Lipinski definition) is 1. The molecular formula is C16H21NO3. The lowest BCUT2D eigenvalue weighted by atomic mass is 9.94. The van der Waals surface area contributed by atoms with Crippen LogP contribution in [0.4, 0.5) is 0 Å². The Morgan fingerprint density at radius 3 is 2.50 bits per heavy atom. The lowest BCUT2D eigenvalue weighted by Gasteiger charge is -2.32. The molecule has 0 aromatic heterocycles. The van der Waals surface area contributed by atoms with Gasteiger partial charge in [0.25, 0.3) is 0 Å². The van der Waals surface area contributed by atoms with Crippen LogP contribution in [0.2, 0.25) is 0 Å². The maximum absolute atomic E-state index is 12.5. The number of nitrogens with zero attached hydrogens (tertiary/aromatic N) is 1. The van der Waals surface area contributed by atoms with E-state index in [4.69, 9.17) is 5.11 Å². The van der Waals surface area contributed by atoms with E-state index in [0.717, 1.165) is 11.1 Å². The van der Waals surface area contributed by atoms with Gasteiger partial charge in [-0.2, -0.15) is 0 Å². The maximum atomic E-state index is 12.5. The molecule has 1 aliphatic heterocycles. The fourth-order valence-corrected chi connectivity index (χ4v) is 2.70. The molecule has 20 heavy (non-hydrogen) atoms. The molecule has 1 aromatic carbocycles. The van der Waals surface area contributed by atoms with Crippen LogP contribution in [0.15, 0.2) is 24.3 Å². The van der Waals surface area contributed by atoms with Crippen LogP contribution in [0.5, 0.6) is 0 Å². The van der Waals surface area contributed by atoms with Gasteiger partial charge in [-0.05, 0) is 32.3 Å². The first-order valence-corrected chi connectivity index (χ1v) is 7.07. The molecular weight excluding hydrogens is 254 g/mol. The first-order chi connectivity index (χ1) is 9.49. The summed E-state index contributed by atoms with van der Waals surface area (Å²) in [6, 6.07) is 7.98. The number of amides is 1. The van der Waals surface area contributed by atoms with Gasteiger partial charge in [-0.1, -0.05) is 29.8 Å². The fourth-order valence-electron chi connectivity index (χ4n) is 2.70. The van der Waals surface area contributed by atoms with Crippen LogP contribution in [-0.4, -0.2) is 35.0 Å². The zero-order chi connectivity index (χ0) is 14.7. The lowest BCUT2D eigenvalue weighted by Crippen LogP contribution is -2.42. The number of hydrogen-bond acceptors (Lipinski definition) is 2. The van der Waals surface area contributed by atoms with E-state index in [-0.39, 0.29) is 17.7 Å². The van der Waals surface area contributed by atoms with Crippen LogP contribution >= 0.6 is 0 Å². The fraction of sp³-hybridized carbons (Fsp3) is 0.500. The minimum Gasteiger partial charge on any atom is -0.481 e. The van der Waals surface area contributed by atoms with E-state index in [2.05, 4.69) is 0 Å². The molecule has 1 heterocycles. The van der Waals surface area contributed by atoms with Gasteiger partial charge in [0, 0.05) is 13.1 Å². The molecule has 1 amide bonds. The number of rotatable bonds is 3. The second kappa shape index (κ2) is 6.07. The van der Waals surface area contributed by atoms with Gasteiger partial charge in [0.1, 0.15) is 0 Å². The summed E-state index contributed by atoms with van der Waals surface area (Å²) >= 11 is 0. The van der Waals surface area contributed by atoms with E-state index in [0.29, 0.717) is 25.9 Å². The van der Waals surface area contributed by atoms with Crippen molar-refractivity contribution >= 4 is 11.9 Å². The SMILES string of the molecule is Cc1cccc(C(C)C(=O)N2CCC(C(=O)O)CC2)c1. The Labute approximate surface area is 119 Å². The van der Waals surface area contributed by atoms with Crippen molar-refractivity contribution in [3.8, 4) is 0 Å². The Morgan fingerprint density at radius 2 is 1.95 bits per heavy atom. The molecule has 0 aliphatic carbocycles. The average molecular weight is 275 g/mol. The highest BCUT2D eigenvalue weighted by molar-refractivity contribution is 5.83. The molecule has 1 saturated heterocycles. The van der Waals surface area contributed by atoms with Gasteiger partial charge in [0.05, 0.1) is 11.8 Å². The van der Waals surface area contributed by atoms with Gasteiger partial charge < -0.3 is 10.0 Å². The van der Waals surface area contributed by atoms with Crippen LogP contribution < -0.4 is 0 Å². The van der Waals surface area contributed by atoms with Gasteiger partial charge >= 0.3 is 5.97 Å². The normalized spacial score (nSPS) is 17.8. The van der Waals surface area contributed by atoms with Crippen molar-refractivity contribution in [2.24, 2.45) is 5.92 Å². The molecule has 1 aliphatic rings. The molecule has 1 fully saturated rings. The van der Waals surface area contributed by atoms with E-state index in [9.17, 15) is 9.59 Å². The number of carboxylic acid groups (broad SMARTS) is 1. The number of aliphatic carboxylic acids is 1. The van der Waals surface area contributed by atoms with Crippen molar-refractivity contribution in [3.63, 3.8) is 0 Å². The van der Waals surface area contributed by atoms with Crippen molar-refractivity contribution in [2.45, 2.75) is 32.6 Å². The number of aryl methyl sites for hydroxylation is 1. The molecule has 1 atom stereocenters. The molecule has 0 radical (unpaired) electrons. The Balaban J connectivity index is 2.00. The molecule has 1 N–H and O–H groups in total. The largest absolute Gasteiger partial charge is 0.481 e. The molecule has 4 nitrogen and oxygen atoms in total. The van der Waals surface area contributed by atoms with Crippen molar-refractivity contribution in [1.82, 2.24) is 4.90 Å². The van der Waals surface area contributed by atoms with Crippen molar-refractivity contribution < 1.29 is 14.7 Å². The molecule has 0 spiro atoms. The number of carbonyl (C=O) groups excluding carboxylic acids is 1. The molecule has 4 heteroatoms. The maximum Gasteiger partial charge on any atom is 0.306 e. The summed E-state index contributed by atoms with van der Waals surface area (Å²) in [5.74, 6) is -1.12. The van der Waals surface area contributed by atoms with Crippen LogP contribution in [0.3, 0.4) is 0 Å². The summed E-state index contributed by atoms with van der Waals surface area (Å²) < 4.78 is 0. The summed E-state index contributed by atoms with van der Waals surface area (Å²) in [7, 11) is 0. The van der Waals surface area contributed by atoms with E-state index < -0.39 is 5.97 Å². The summed E-state index contributed by atoms with van der Waals surface area (Å²) in [4.78, 5) is 25.2. The van der Waals surface area contributed by atoms with Crippen LogP contribution in [0.25, 0.3) is 0 Å². The molecule has 108 valence electrons. The summed E-state index contributed by atoms with van der Waals surface area (Å²) in [6.07, 6.45) is 1.11. The predicted octanol–water partition coefficient (Wildman–Crippen LogP) is 2.42. The van der Waals surface area contributed by atoms with E-state index >= 15 is 0 Å². The summed E-state index contributed by atoms with van der Waals surface area (Å²) in [5.41, 5.74) is 2.17. The van der Waals surface area contributed by atoms with E-state index in [1.165, 1.54) is 0 Å². The Kier molecular flexibility index (Phi) is 4.42. The van der Waals surface area contributed by atoms with Crippen molar-refractivity contribution in [3.05, 3.63) is 35.4 Å². The third kappa shape index (κ3) is 3.18. The topological polar surface area (TPSA) is 57.6 Å². The van der Waals surface area contributed by atoms with Crippen LogP contribution in [0.1, 0.15) is 36.8 Å². The predicted molar refractivity (Wildman–Crippen MR) is 76.5 cm³/mol. The van der Waals surface area contributed by atoms with Crippen molar-refractivity contribution in [2.75, 3.05) is 13.1 Å². The van der Waals surface area contributed by atoms with E-state index in [1.54, 1.807) is 4.90 Å². The van der Waals surface area contributed by atoms with Crippen molar-refractivity contribution in [1.29, 1.82) is 0 Å². The highest BCUT2D eigenvalue weighted by Gasteiger charge is 2.29. The van der Waals surface area contributed by atoms with Gasteiger partial charge in [-0.3, -0.25) is 9.59 Å². The van der Waals surface area contributed by atoms with E-state index in [1.807, 2.05) is 38.1 Å². The second-order valence-corrected chi connectivity index (χ2v) is 5.57. The van der Waals surface area contributed by atoms with Gasteiger partial charge in [-0.25, -0.2) is 0 Å². The molecule has 0 saturated carbocycles. The molecule has 1 aromatic rings. The third-order valence-electron chi connectivity index (χ3n) is 4.07. The summed E-state index contributed by atoms with van der Waals surface area (Å²) in [6.45, 7) is 5.03. The number of piperidine rings is 1. The highest BCUT2D eigenvalue weighted by atomic mass is 16.4. The van der Waals surface area contributed by atoms with Crippen LogP contribution in [-0.2, 0) is 9.59 Å². The van der Waals surface area contributed by atoms with Crippen LogP contribution in [0, 0.1) is 12.8 Å². The lowest BCUT2D eigenvalue weighted by molar-refractivity contribution is -0.146. The monoisotopic (exact) mass is 275 g/mol. The smallest absolute Gasteiger partial charge is 0.306 e. The van der Waals surface area contributed by atoms with Gasteiger partial charge in [-0.15, -0.1) is 0 Å². The zero-order valence-electron chi connectivity index (χ0n) is 12.0. The van der Waals surface area contributed by atoms with Gasteiger partial charge in [0.2, 0.25) is 5.91 Å². The number of carboxylic acids is 1. The highest BCUT2D eigenvalue weighted by Crippen LogP contribution is 2.23. The molecule has 1 unspecified atom stereocenters. The molecule has 0 bridgehead atoms. The standard InChI is InChI=1S/C16H21NO3/c1-11-4-3-5-14(10-11)12(2)15(18)17-8-6-13(7-9-17)16(19)20/h3-5,10,12-13H,6-9H2,1-2H3,(H,19,20). The number of benzene rings is 1. The summed E-state index contributed by atoms with van der Waals surface area (Å²) in [5, 5.41) is 8.98. The Morgan fingerprint density at radius 1 is 1.30 bits per heavy atom. The number of carbonyl (C=O) groups is 2. The Hall–Kier alpha value is -1.84. The quantitative estimate of drug-likeness (QED) is 0.921. The molecule has 2 rings (SSSR count). The van der Waals surface area contributed by atoms with Gasteiger partial charge in [0.15, 0.2) is 0 Å². The minimum atomic E-state index is -0.746.